The van der Waals surface area contributed by atoms with Gasteiger partial charge in [0.15, 0.2) is 0 Å². The van der Waals surface area contributed by atoms with Crippen LogP contribution in [0.15, 0.2) is 24.3 Å². The second-order valence-electron chi connectivity index (χ2n) is 5.26. The molecule has 1 aliphatic rings. The lowest BCUT2D eigenvalue weighted by molar-refractivity contribution is -0.126. The number of nitrogens with two attached hydrogens (primary N) is 1. The number of rotatable bonds is 6. The molecule has 1 saturated carbocycles. The van der Waals surface area contributed by atoms with Crippen LogP contribution in [0.25, 0.3) is 0 Å². The van der Waals surface area contributed by atoms with Gasteiger partial charge in [0.2, 0.25) is 5.91 Å². The Kier molecular flexibility index (Phi) is 7.49. The zero-order chi connectivity index (χ0) is 14.4. The second kappa shape index (κ2) is 8.61. The third-order valence-electron chi connectivity index (χ3n) is 3.70. The Labute approximate surface area is 135 Å². The van der Waals surface area contributed by atoms with Gasteiger partial charge in [0.1, 0.15) is 5.82 Å². The van der Waals surface area contributed by atoms with Gasteiger partial charge in [-0.2, -0.15) is 11.8 Å². The molecule has 1 aliphatic carbocycles. The molecule has 0 bridgehead atoms. The third kappa shape index (κ3) is 5.16. The van der Waals surface area contributed by atoms with Crippen molar-refractivity contribution in [3.05, 3.63) is 35.6 Å². The van der Waals surface area contributed by atoms with E-state index in [2.05, 4.69) is 5.32 Å². The molecular weight excluding hydrogens is 311 g/mol. The maximum absolute atomic E-state index is 13.4. The number of carbonyl (C=O) groups excluding carboxylic acids is 1. The van der Waals surface area contributed by atoms with Crippen molar-refractivity contribution >= 4 is 30.1 Å². The first kappa shape index (κ1) is 18.3. The van der Waals surface area contributed by atoms with Gasteiger partial charge >= 0.3 is 0 Å². The lowest BCUT2D eigenvalue weighted by Crippen LogP contribution is -2.52. The van der Waals surface area contributed by atoms with Crippen molar-refractivity contribution in [1.82, 2.24) is 5.32 Å². The number of thioether (sulfide) groups is 1. The molecule has 0 saturated heterocycles. The molecule has 0 unspecified atom stereocenters. The molecule has 0 radical (unpaired) electrons. The lowest BCUT2D eigenvalue weighted by atomic mass is 9.98. The molecule has 0 aromatic heterocycles. The molecule has 1 fully saturated rings. The fraction of sp³-hybridized carbons (Fsp3) is 0.533. The van der Waals surface area contributed by atoms with E-state index in [0.29, 0.717) is 17.9 Å². The van der Waals surface area contributed by atoms with Crippen LogP contribution in [0.1, 0.15) is 31.2 Å². The summed E-state index contributed by atoms with van der Waals surface area (Å²) in [7, 11) is 0. The minimum Gasteiger partial charge on any atom is -0.354 e. The highest BCUT2D eigenvalue weighted by Crippen LogP contribution is 2.27. The van der Waals surface area contributed by atoms with Crippen LogP contribution >= 0.6 is 24.2 Å². The number of nitrogens with one attached hydrogen (secondary N) is 1. The van der Waals surface area contributed by atoms with E-state index in [4.69, 9.17) is 5.73 Å². The van der Waals surface area contributed by atoms with Crippen molar-refractivity contribution in [2.24, 2.45) is 5.73 Å². The topological polar surface area (TPSA) is 55.1 Å². The molecule has 6 heteroatoms. The number of halogens is 2. The van der Waals surface area contributed by atoms with E-state index in [9.17, 15) is 9.18 Å². The summed E-state index contributed by atoms with van der Waals surface area (Å²) in [5.74, 6) is 1.17. The van der Waals surface area contributed by atoms with Gasteiger partial charge in [-0.25, -0.2) is 4.39 Å². The summed E-state index contributed by atoms with van der Waals surface area (Å²) in [4.78, 5) is 11.9. The van der Waals surface area contributed by atoms with E-state index in [1.54, 1.807) is 23.9 Å². The lowest BCUT2D eigenvalue weighted by Gasteiger charge is -2.22. The monoisotopic (exact) mass is 332 g/mol. The van der Waals surface area contributed by atoms with Gasteiger partial charge < -0.3 is 11.1 Å². The second-order valence-corrected chi connectivity index (χ2v) is 6.37. The number of carbonyl (C=O) groups is 1. The minimum absolute atomic E-state index is 0. The predicted octanol–water partition coefficient (Wildman–Crippen LogP) is 2.87. The zero-order valence-corrected chi connectivity index (χ0v) is 13.6. The van der Waals surface area contributed by atoms with Crippen LogP contribution in [-0.2, 0) is 10.5 Å². The van der Waals surface area contributed by atoms with Crippen molar-refractivity contribution in [1.29, 1.82) is 0 Å². The molecule has 0 heterocycles. The highest BCUT2D eigenvalue weighted by atomic mass is 35.5. The summed E-state index contributed by atoms with van der Waals surface area (Å²) >= 11 is 1.61. The Balaban J connectivity index is 0.00000220. The normalized spacial score (nSPS) is 16.3. The van der Waals surface area contributed by atoms with E-state index >= 15 is 0 Å². The average molecular weight is 333 g/mol. The summed E-state index contributed by atoms with van der Waals surface area (Å²) < 4.78 is 13.4. The molecule has 21 heavy (non-hydrogen) atoms. The third-order valence-corrected chi connectivity index (χ3v) is 4.70. The molecule has 1 aromatic carbocycles. The summed E-state index contributed by atoms with van der Waals surface area (Å²) in [5, 5.41) is 2.89. The average Bonchev–Trinajstić information content (AvgIpc) is 2.88. The van der Waals surface area contributed by atoms with Gasteiger partial charge in [0.05, 0.1) is 5.54 Å². The molecule has 0 spiro atoms. The van der Waals surface area contributed by atoms with Crippen LogP contribution in [0, 0.1) is 5.82 Å². The molecule has 118 valence electrons. The maximum Gasteiger partial charge on any atom is 0.240 e. The van der Waals surface area contributed by atoms with Crippen LogP contribution in [0.5, 0.6) is 0 Å². The molecular formula is C15H22ClFN2OS. The standard InChI is InChI=1S/C15H21FN2OS.ClH/c16-13-6-2-1-5-12(13)11-20-10-9-18-14(19)15(17)7-3-4-8-15;/h1-2,5-6H,3-4,7-11,17H2,(H,18,19);1H. The Bertz CT molecular complexity index is 467. The first-order chi connectivity index (χ1) is 9.62. The maximum atomic E-state index is 13.4. The summed E-state index contributed by atoms with van der Waals surface area (Å²) in [6, 6.07) is 6.77. The van der Waals surface area contributed by atoms with Gasteiger partial charge in [0, 0.05) is 18.1 Å². The fourth-order valence-electron chi connectivity index (χ4n) is 2.44. The van der Waals surface area contributed by atoms with Gasteiger partial charge in [-0.05, 0) is 24.5 Å². The van der Waals surface area contributed by atoms with Crippen LogP contribution in [0.3, 0.4) is 0 Å². The molecule has 1 amide bonds. The highest BCUT2D eigenvalue weighted by molar-refractivity contribution is 7.98. The number of hydrogen-bond donors (Lipinski definition) is 2. The van der Waals surface area contributed by atoms with Crippen LogP contribution in [0.2, 0.25) is 0 Å². The Morgan fingerprint density at radius 2 is 2.00 bits per heavy atom. The fourth-order valence-corrected chi connectivity index (χ4v) is 3.29. The Morgan fingerprint density at radius 3 is 2.67 bits per heavy atom. The van der Waals surface area contributed by atoms with Crippen LogP contribution < -0.4 is 11.1 Å². The van der Waals surface area contributed by atoms with Crippen molar-refractivity contribution in [3.8, 4) is 0 Å². The quantitative estimate of drug-likeness (QED) is 0.788. The van der Waals surface area contributed by atoms with Gasteiger partial charge in [0.25, 0.3) is 0 Å². The zero-order valence-electron chi connectivity index (χ0n) is 11.9. The summed E-state index contributed by atoms with van der Waals surface area (Å²) in [6.07, 6.45) is 3.63. The first-order valence-electron chi connectivity index (χ1n) is 7.00. The molecule has 3 N–H and O–H groups in total. The van der Waals surface area contributed by atoms with E-state index in [0.717, 1.165) is 31.4 Å². The van der Waals surface area contributed by atoms with E-state index < -0.39 is 5.54 Å². The largest absolute Gasteiger partial charge is 0.354 e. The first-order valence-corrected chi connectivity index (χ1v) is 8.16. The van der Waals surface area contributed by atoms with Crippen molar-refractivity contribution in [2.75, 3.05) is 12.3 Å². The van der Waals surface area contributed by atoms with E-state index in [1.165, 1.54) is 6.07 Å². The van der Waals surface area contributed by atoms with Gasteiger partial charge in [-0.3, -0.25) is 4.79 Å². The summed E-state index contributed by atoms with van der Waals surface area (Å²) in [6.45, 7) is 0.580. The molecule has 0 atom stereocenters. The summed E-state index contributed by atoms with van der Waals surface area (Å²) in [5.41, 5.74) is 6.11. The SMILES string of the molecule is Cl.NC1(C(=O)NCCSCc2ccccc2F)CCCC1. The number of hydrogen-bond acceptors (Lipinski definition) is 3. The number of amides is 1. The number of benzene rings is 1. The van der Waals surface area contributed by atoms with Crippen LogP contribution in [-0.4, -0.2) is 23.7 Å². The Hall–Kier alpha value is -0.780. The molecule has 3 nitrogen and oxygen atoms in total. The molecule has 2 rings (SSSR count). The van der Waals surface area contributed by atoms with Gasteiger partial charge in [-0.15, -0.1) is 12.4 Å². The van der Waals surface area contributed by atoms with Gasteiger partial charge in [-0.1, -0.05) is 31.0 Å². The van der Waals surface area contributed by atoms with Crippen molar-refractivity contribution in [2.45, 2.75) is 37.0 Å². The Morgan fingerprint density at radius 1 is 1.33 bits per heavy atom. The molecule has 1 aromatic rings. The predicted molar refractivity (Wildman–Crippen MR) is 88.2 cm³/mol. The van der Waals surface area contributed by atoms with E-state index in [1.807, 2.05) is 6.07 Å². The van der Waals surface area contributed by atoms with Crippen LogP contribution in [0.4, 0.5) is 4.39 Å². The van der Waals surface area contributed by atoms with E-state index in [-0.39, 0.29) is 24.1 Å². The molecule has 0 aliphatic heterocycles. The van der Waals surface area contributed by atoms with Crippen molar-refractivity contribution in [3.63, 3.8) is 0 Å². The van der Waals surface area contributed by atoms with Crippen molar-refractivity contribution < 1.29 is 9.18 Å². The smallest absolute Gasteiger partial charge is 0.240 e. The minimum atomic E-state index is -0.657. The highest BCUT2D eigenvalue weighted by Gasteiger charge is 2.36.